The molecule has 0 saturated carbocycles. The Morgan fingerprint density at radius 3 is 2.27 bits per heavy atom. The highest BCUT2D eigenvalue weighted by molar-refractivity contribution is 5.83. The molecule has 30 heavy (non-hydrogen) atoms. The van der Waals surface area contributed by atoms with Gasteiger partial charge in [0.15, 0.2) is 6.10 Å². The maximum atomic E-state index is 12.4. The minimum Gasteiger partial charge on any atom is -0.497 e. The fourth-order valence-corrected chi connectivity index (χ4v) is 2.92. The highest BCUT2D eigenvalue weighted by Crippen LogP contribution is 2.21. The molecule has 0 spiro atoms. The summed E-state index contributed by atoms with van der Waals surface area (Å²) in [5, 5.41) is 5.50. The summed E-state index contributed by atoms with van der Waals surface area (Å²) in [6.07, 6.45) is -0.329. The van der Waals surface area contributed by atoms with E-state index < -0.39 is 18.1 Å². The Hall–Kier alpha value is -3.35. The fourth-order valence-electron chi connectivity index (χ4n) is 2.92. The van der Waals surface area contributed by atoms with E-state index in [9.17, 15) is 14.4 Å². The Morgan fingerprint density at radius 1 is 1.00 bits per heavy atom. The molecule has 0 aliphatic rings. The van der Waals surface area contributed by atoms with E-state index in [1.807, 2.05) is 30.3 Å². The van der Waals surface area contributed by atoms with Crippen molar-refractivity contribution in [1.29, 1.82) is 0 Å². The second kappa shape index (κ2) is 11.6. The molecule has 0 saturated heterocycles. The van der Waals surface area contributed by atoms with E-state index in [1.54, 1.807) is 31.4 Å². The molecule has 0 aromatic heterocycles. The first kappa shape index (κ1) is 22.9. The van der Waals surface area contributed by atoms with Crippen molar-refractivity contribution in [2.45, 2.75) is 38.8 Å². The van der Waals surface area contributed by atoms with Crippen molar-refractivity contribution in [3.05, 3.63) is 65.7 Å². The molecule has 2 unspecified atom stereocenters. The Bertz CT molecular complexity index is 836. The second-order valence-corrected chi connectivity index (χ2v) is 6.89. The number of carbonyl (C=O) groups excluding carboxylic acids is 3. The lowest BCUT2D eigenvalue weighted by Gasteiger charge is -2.19. The average Bonchev–Trinajstić information content (AvgIpc) is 2.73. The Labute approximate surface area is 176 Å². The first-order valence-electron chi connectivity index (χ1n) is 9.81. The van der Waals surface area contributed by atoms with Crippen molar-refractivity contribution >= 4 is 17.8 Å². The minimum absolute atomic E-state index is 0.0897. The number of amides is 2. The van der Waals surface area contributed by atoms with Gasteiger partial charge < -0.3 is 20.1 Å². The summed E-state index contributed by atoms with van der Waals surface area (Å²) in [5.41, 5.74) is 1.85. The first-order valence-corrected chi connectivity index (χ1v) is 9.81. The Balaban J connectivity index is 1.86. The largest absolute Gasteiger partial charge is 0.497 e. The summed E-state index contributed by atoms with van der Waals surface area (Å²) in [6.45, 7) is 3.35. The maximum Gasteiger partial charge on any atom is 0.309 e. The van der Waals surface area contributed by atoms with Gasteiger partial charge in [-0.1, -0.05) is 42.5 Å². The van der Waals surface area contributed by atoms with E-state index in [2.05, 4.69) is 10.6 Å². The molecule has 0 heterocycles. The normalized spacial score (nSPS) is 12.4. The Kier molecular flexibility index (Phi) is 8.87. The van der Waals surface area contributed by atoms with Gasteiger partial charge in [-0.3, -0.25) is 14.4 Å². The Morgan fingerprint density at radius 2 is 1.67 bits per heavy atom. The van der Waals surface area contributed by atoms with Crippen LogP contribution in [0.25, 0.3) is 0 Å². The van der Waals surface area contributed by atoms with Crippen LogP contribution in [0.2, 0.25) is 0 Å². The van der Waals surface area contributed by atoms with Crippen LogP contribution in [0.4, 0.5) is 0 Å². The van der Waals surface area contributed by atoms with E-state index in [-0.39, 0.29) is 18.2 Å². The smallest absolute Gasteiger partial charge is 0.309 e. The molecule has 2 N–H and O–H groups in total. The number of ether oxygens (including phenoxy) is 2. The van der Waals surface area contributed by atoms with Gasteiger partial charge in [0.05, 0.1) is 19.6 Å². The third kappa shape index (κ3) is 7.58. The molecule has 0 bridgehead atoms. The summed E-state index contributed by atoms with van der Waals surface area (Å²) >= 11 is 0. The van der Waals surface area contributed by atoms with Gasteiger partial charge in [0.2, 0.25) is 5.91 Å². The predicted octanol–water partition coefficient (Wildman–Crippen LogP) is 2.55. The van der Waals surface area contributed by atoms with E-state index in [4.69, 9.17) is 9.47 Å². The van der Waals surface area contributed by atoms with Crippen molar-refractivity contribution in [3.8, 4) is 5.75 Å². The highest BCUT2D eigenvalue weighted by atomic mass is 16.5. The lowest BCUT2D eigenvalue weighted by molar-refractivity contribution is -0.155. The number of methoxy groups -OCH3 is 1. The molecule has 160 valence electrons. The van der Waals surface area contributed by atoms with E-state index >= 15 is 0 Å². The molecule has 2 aromatic carbocycles. The number of hydrogen-bond donors (Lipinski definition) is 2. The molecule has 0 fully saturated rings. The molecule has 0 aliphatic carbocycles. The second-order valence-electron chi connectivity index (χ2n) is 6.89. The molecule has 7 heteroatoms. The van der Waals surface area contributed by atoms with Crippen LogP contribution in [0.3, 0.4) is 0 Å². The SMILES string of the molecule is COc1ccc(C(CC(=O)OC(C)C(=O)NCCc2ccccc2)NC(C)=O)cc1. The zero-order chi connectivity index (χ0) is 21.9. The molecule has 2 atom stereocenters. The number of carbonyl (C=O) groups is 3. The molecule has 7 nitrogen and oxygen atoms in total. The van der Waals surface area contributed by atoms with E-state index in [0.717, 1.165) is 11.1 Å². The van der Waals surface area contributed by atoms with Gasteiger partial charge in [-0.05, 0) is 36.6 Å². The molecule has 0 aliphatic heterocycles. The van der Waals surface area contributed by atoms with Gasteiger partial charge in [-0.2, -0.15) is 0 Å². The zero-order valence-corrected chi connectivity index (χ0v) is 17.5. The highest BCUT2D eigenvalue weighted by Gasteiger charge is 2.22. The standard InChI is InChI=1S/C23H28N2O5/c1-16(23(28)24-14-13-18-7-5-4-6-8-18)30-22(27)15-21(25-17(2)26)19-9-11-20(29-3)12-10-19/h4-12,16,21H,13-15H2,1-3H3,(H,24,28)(H,25,26). The van der Waals surface area contributed by atoms with Crippen LogP contribution in [0, 0.1) is 0 Å². The maximum absolute atomic E-state index is 12.4. The molecule has 0 radical (unpaired) electrons. The number of benzene rings is 2. The topological polar surface area (TPSA) is 93.7 Å². The van der Waals surface area contributed by atoms with Gasteiger partial charge in [-0.25, -0.2) is 0 Å². The summed E-state index contributed by atoms with van der Waals surface area (Å²) < 4.78 is 10.4. The van der Waals surface area contributed by atoms with Crippen LogP contribution < -0.4 is 15.4 Å². The molecular formula is C23H28N2O5. The molecule has 2 rings (SSSR count). The van der Waals surface area contributed by atoms with Gasteiger partial charge >= 0.3 is 5.97 Å². The predicted molar refractivity (Wildman–Crippen MR) is 113 cm³/mol. The molecule has 2 amide bonds. The monoisotopic (exact) mass is 412 g/mol. The van der Waals surface area contributed by atoms with Crippen molar-refractivity contribution in [2.75, 3.05) is 13.7 Å². The van der Waals surface area contributed by atoms with Crippen molar-refractivity contribution in [2.24, 2.45) is 0 Å². The van der Waals surface area contributed by atoms with E-state index in [0.29, 0.717) is 18.7 Å². The lowest BCUT2D eigenvalue weighted by Crippen LogP contribution is -2.37. The minimum atomic E-state index is -0.929. The van der Waals surface area contributed by atoms with E-state index in [1.165, 1.54) is 13.8 Å². The van der Waals surface area contributed by atoms with Crippen molar-refractivity contribution in [3.63, 3.8) is 0 Å². The van der Waals surface area contributed by atoms with Gasteiger partial charge in [0, 0.05) is 13.5 Å². The van der Waals surface area contributed by atoms with Crippen LogP contribution in [-0.4, -0.2) is 37.5 Å². The van der Waals surface area contributed by atoms with Crippen LogP contribution in [0.15, 0.2) is 54.6 Å². The van der Waals surface area contributed by atoms with Crippen LogP contribution in [-0.2, 0) is 25.5 Å². The number of hydrogen-bond acceptors (Lipinski definition) is 5. The van der Waals surface area contributed by atoms with Gasteiger partial charge in [-0.15, -0.1) is 0 Å². The zero-order valence-electron chi connectivity index (χ0n) is 17.5. The summed E-state index contributed by atoms with van der Waals surface area (Å²) in [6, 6.07) is 16.3. The first-order chi connectivity index (χ1) is 14.4. The number of rotatable bonds is 10. The fraction of sp³-hybridized carbons (Fsp3) is 0.348. The quantitative estimate of drug-likeness (QED) is 0.585. The number of nitrogens with one attached hydrogen (secondary N) is 2. The lowest BCUT2D eigenvalue weighted by atomic mass is 10.0. The summed E-state index contributed by atoms with van der Waals surface area (Å²) in [5.74, 6) is -0.533. The van der Waals surface area contributed by atoms with Crippen LogP contribution in [0.5, 0.6) is 5.75 Å². The average molecular weight is 412 g/mol. The van der Waals surface area contributed by atoms with Gasteiger partial charge in [0.1, 0.15) is 5.75 Å². The number of esters is 1. The summed E-state index contributed by atoms with van der Waals surface area (Å²) in [4.78, 5) is 36.1. The summed E-state index contributed by atoms with van der Waals surface area (Å²) in [7, 11) is 1.56. The van der Waals surface area contributed by atoms with Gasteiger partial charge in [0.25, 0.3) is 5.91 Å². The van der Waals surface area contributed by atoms with Crippen molar-refractivity contribution in [1.82, 2.24) is 10.6 Å². The molecule has 2 aromatic rings. The third-order valence-corrected chi connectivity index (χ3v) is 4.50. The third-order valence-electron chi connectivity index (χ3n) is 4.50. The van der Waals surface area contributed by atoms with Crippen LogP contribution >= 0.6 is 0 Å². The van der Waals surface area contributed by atoms with Crippen molar-refractivity contribution < 1.29 is 23.9 Å². The van der Waals surface area contributed by atoms with Crippen LogP contribution in [0.1, 0.15) is 37.4 Å². The molecular weight excluding hydrogens is 384 g/mol.